The number of nitro groups is 1. The van der Waals surface area contributed by atoms with Crippen molar-refractivity contribution >= 4 is 28.9 Å². The second kappa shape index (κ2) is 5.59. The quantitative estimate of drug-likeness (QED) is 0.650. The van der Waals surface area contributed by atoms with Gasteiger partial charge in [-0.15, -0.1) is 0 Å². The summed E-state index contributed by atoms with van der Waals surface area (Å²) in [6, 6.07) is 1.11. The number of hydrogen-bond acceptors (Lipinski definition) is 5. The molecule has 9 heteroatoms. The fourth-order valence-electron chi connectivity index (χ4n) is 1.94. The molecule has 108 valence electrons. The fourth-order valence-corrected chi connectivity index (χ4v) is 2.11. The summed E-state index contributed by atoms with van der Waals surface area (Å²) in [6.07, 6.45) is 0. The van der Waals surface area contributed by atoms with E-state index in [1.54, 1.807) is 0 Å². The Hall–Kier alpha value is -1.93. The number of nitrogens with one attached hydrogen (secondary N) is 1. The second-order valence-corrected chi connectivity index (χ2v) is 4.68. The number of halogens is 2. The van der Waals surface area contributed by atoms with Crippen LogP contribution in [0.4, 0.5) is 15.8 Å². The number of carbonyl (C=O) groups is 1. The van der Waals surface area contributed by atoms with Crippen molar-refractivity contribution < 1.29 is 24.0 Å². The van der Waals surface area contributed by atoms with Gasteiger partial charge in [0.05, 0.1) is 35.3 Å². The molecule has 0 spiro atoms. The number of anilines is 1. The second-order valence-electron chi connectivity index (χ2n) is 4.27. The van der Waals surface area contributed by atoms with E-state index in [2.05, 4.69) is 5.32 Å². The van der Waals surface area contributed by atoms with Gasteiger partial charge in [0.25, 0.3) is 5.69 Å². The van der Waals surface area contributed by atoms with Crippen molar-refractivity contribution in [2.75, 3.05) is 18.5 Å². The van der Waals surface area contributed by atoms with Crippen LogP contribution in [0.3, 0.4) is 0 Å². The molecule has 0 bridgehead atoms. The van der Waals surface area contributed by atoms with Gasteiger partial charge in [0.2, 0.25) is 0 Å². The van der Waals surface area contributed by atoms with E-state index in [9.17, 15) is 19.3 Å². The van der Waals surface area contributed by atoms with Crippen LogP contribution in [0.2, 0.25) is 5.02 Å². The molecule has 1 aliphatic heterocycles. The molecule has 0 radical (unpaired) electrons. The van der Waals surface area contributed by atoms with Crippen LogP contribution in [0.5, 0.6) is 0 Å². The van der Waals surface area contributed by atoms with Crippen LogP contribution in [0.1, 0.15) is 0 Å². The van der Waals surface area contributed by atoms with E-state index in [1.165, 1.54) is 0 Å². The molecule has 2 N–H and O–H groups in total. The summed E-state index contributed by atoms with van der Waals surface area (Å²) in [7, 11) is 0. The molecule has 20 heavy (non-hydrogen) atoms. The number of hydrogen-bond donors (Lipinski definition) is 2. The number of rotatable bonds is 4. The summed E-state index contributed by atoms with van der Waals surface area (Å²) < 4.78 is 18.3. The standard InChI is InChI=1S/C11H10ClFN2O5/c12-6-1-8(10(15(18)19)2-7(6)13)14-9-4-20-3-5(9)11(16)17/h1-2,5,9,14H,3-4H2,(H,16,17). The lowest BCUT2D eigenvalue weighted by Crippen LogP contribution is -2.33. The highest BCUT2D eigenvalue weighted by atomic mass is 35.5. The van der Waals surface area contributed by atoms with Crippen molar-refractivity contribution in [3.63, 3.8) is 0 Å². The average Bonchev–Trinajstić information content (AvgIpc) is 2.81. The molecule has 1 heterocycles. The summed E-state index contributed by atoms with van der Waals surface area (Å²) in [5.74, 6) is -2.82. The Morgan fingerprint density at radius 1 is 1.55 bits per heavy atom. The average molecular weight is 305 g/mol. The molecule has 1 aromatic rings. The highest BCUT2D eigenvalue weighted by Gasteiger charge is 2.35. The van der Waals surface area contributed by atoms with Gasteiger partial charge >= 0.3 is 5.97 Å². The first-order valence-electron chi connectivity index (χ1n) is 5.60. The Balaban J connectivity index is 2.31. The minimum Gasteiger partial charge on any atom is -0.481 e. The topological polar surface area (TPSA) is 102 Å². The summed E-state index contributed by atoms with van der Waals surface area (Å²) in [5.41, 5.74) is -0.550. The predicted octanol–water partition coefficient (Wildman–Crippen LogP) is 1.90. The molecular weight excluding hydrogens is 295 g/mol. The first-order chi connectivity index (χ1) is 9.40. The summed E-state index contributed by atoms with van der Waals surface area (Å²) in [4.78, 5) is 21.1. The lowest BCUT2D eigenvalue weighted by atomic mass is 10.0. The maximum atomic E-state index is 13.3. The molecule has 1 saturated heterocycles. The van der Waals surface area contributed by atoms with Crippen molar-refractivity contribution in [2.24, 2.45) is 5.92 Å². The highest BCUT2D eigenvalue weighted by Crippen LogP contribution is 2.32. The third kappa shape index (κ3) is 2.81. The molecule has 1 aliphatic rings. The van der Waals surface area contributed by atoms with Crippen LogP contribution in [0.15, 0.2) is 12.1 Å². The Morgan fingerprint density at radius 3 is 2.85 bits per heavy atom. The van der Waals surface area contributed by atoms with Gasteiger partial charge < -0.3 is 15.2 Å². The van der Waals surface area contributed by atoms with Gasteiger partial charge in [-0.3, -0.25) is 14.9 Å². The smallest absolute Gasteiger partial charge is 0.311 e. The van der Waals surface area contributed by atoms with Gasteiger partial charge in [0.1, 0.15) is 17.4 Å². The Bertz CT molecular complexity index is 568. The molecule has 2 rings (SSSR count). The molecule has 0 amide bonds. The number of nitrogens with zero attached hydrogens (tertiary/aromatic N) is 1. The summed E-state index contributed by atoms with van der Waals surface area (Å²) in [6.45, 7) is 0.0961. The molecule has 2 atom stereocenters. The zero-order valence-electron chi connectivity index (χ0n) is 10.0. The van der Waals surface area contributed by atoms with Crippen molar-refractivity contribution in [1.29, 1.82) is 0 Å². The number of benzene rings is 1. The van der Waals surface area contributed by atoms with Gasteiger partial charge in [-0.1, -0.05) is 11.6 Å². The molecular formula is C11H10ClFN2O5. The molecule has 1 fully saturated rings. The number of carboxylic acid groups (broad SMARTS) is 1. The van der Waals surface area contributed by atoms with Crippen molar-refractivity contribution in [2.45, 2.75) is 6.04 Å². The molecule has 1 aromatic carbocycles. The molecule has 7 nitrogen and oxygen atoms in total. The maximum Gasteiger partial charge on any atom is 0.311 e. The largest absolute Gasteiger partial charge is 0.481 e. The molecule has 0 aliphatic carbocycles. The third-order valence-corrected chi connectivity index (χ3v) is 3.26. The SMILES string of the molecule is O=C(O)C1COCC1Nc1cc(Cl)c(F)cc1[N+](=O)[O-]. The zero-order valence-corrected chi connectivity index (χ0v) is 10.8. The van der Waals surface area contributed by atoms with Gasteiger partial charge in [-0.05, 0) is 6.07 Å². The Morgan fingerprint density at radius 2 is 2.25 bits per heavy atom. The van der Waals surface area contributed by atoms with Crippen LogP contribution in [-0.2, 0) is 9.53 Å². The van der Waals surface area contributed by atoms with Crippen LogP contribution in [-0.4, -0.2) is 35.3 Å². The molecule has 0 aromatic heterocycles. The lowest BCUT2D eigenvalue weighted by molar-refractivity contribution is -0.384. The highest BCUT2D eigenvalue weighted by molar-refractivity contribution is 6.31. The summed E-state index contributed by atoms with van der Waals surface area (Å²) in [5, 5.41) is 22.3. The number of ether oxygens (including phenoxy) is 1. The van der Waals surface area contributed by atoms with Crippen LogP contribution in [0.25, 0.3) is 0 Å². The zero-order chi connectivity index (χ0) is 14.9. The van der Waals surface area contributed by atoms with Crippen molar-refractivity contribution in [3.8, 4) is 0 Å². The first-order valence-corrected chi connectivity index (χ1v) is 5.98. The lowest BCUT2D eigenvalue weighted by Gasteiger charge is -2.17. The van der Waals surface area contributed by atoms with E-state index in [0.29, 0.717) is 6.07 Å². The van der Waals surface area contributed by atoms with Gasteiger partial charge in [-0.25, -0.2) is 4.39 Å². The van der Waals surface area contributed by atoms with Crippen LogP contribution >= 0.6 is 11.6 Å². The third-order valence-electron chi connectivity index (χ3n) is 2.97. The van der Waals surface area contributed by atoms with Gasteiger partial charge in [0, 0.05) is 0 Å². The van der Waals surface area contributed by atoms with E-state index in [4.69, 9.17) is 21.4 Å². The van der Waals surface area contributed by atoms with Crippen LogP contribution in [0, 0.1) is 21.8 Å². The van der Waals surface area contributed by atoms with Crippen molar-refractivity contribution in [3.05, 3.63) is 33.1 Å². The fraction of sp³-hybridized carbons (Fsp3) is 0.364. The van der Waals surface area contributed by atoms with E-state index < -0.39 is 34.4 Å². The van der Waals surface area contributed by atoms with Crippen molar-refractivity contribution in [1.82, 2.24) is 0 Å². The minimum absolute atomic E-state index is 0.00965. The molecule has 2 unspecified atom stereocenters. The number of carboxylic acids is 1. The van der Waals surface area contributed by atoms with Gasteiger partial charge in [0.15, 0.2) is 0 Å². The normalized spacial score (nSPS) is 21.7. The maximum absolute atomic E-state index is 13.3. The van der Waals surface area contributed by atoms with E-state index >= 15 is 0 Å². The van der Waals surface area contributed by atoms with E-state index in [0.717, 1.165) is 6.07 Å². The Kier molecular flexibility index (Phi) is 4.05. The summed E-state index contributed by atoms with van der Waals surface area (Å²) >= 11 is 5.59. The molecule has 0 saturated carbocycles. The predicted molar refractivity (Wildman–Crippen MR) is 67.4 cm³/mol. The Labute approximate surface area is 117 Å². The van der Waals surface area contributed by atoms with E-state index in [-0.39, 0.29) is 23.9 Å². The first kappa shape index (κ1) is 14.5. The van der Waals surface area contributed by atoms with Gasteiger partial charge in [-0.2, -0.15) is 0 Å². The number of nitro benzene ring substituents is 1. The van der Waals surface area contributed by atoms with Crippen LogP contribution < -0.4 is 5.32 Å². The monoisotopic (exact) mass is 304 g/mol. The number of aliphatic carboxylic acids is 1. The van der Waals surface area contributed by atoms with E-state index in [1.807, 2.05) is 0 Å². The minimum atomic E-state index is -1.07.